The maximum atomic E-state index is 6.10. The first kappa shape index (κ1) is 12.6. The van der Waals surface area contributed by atoms with Crippen molar-refractivity contribution >= 4 is 28.2 Å². The van der Waals surface area contributed by atoms with Crippen molar-refractivity contribution in [1.29, 1.82) is 0 Å². The minimum absolute atomic E-state index is 0.401. The van der Waals surface area contributed by atoms with E-state index in [9.17, 15) is 0 Å². The summed E-state index contributed by atoms with van der Waals surface area (Å²) in [7, 11) is 2.14. The number of hydrogen-bond donors (Lipinski definition) is 0. The molecule has 1 fully saturated rings. The number of pyridine rings is 1. The van der Waals surface area contributed by atoms with Gasteiger partial charge >= 0.3 is 0 Å². The molecule has 0 bridgehead atoms. The lowest BCUT2D eigenvalue weighted by atomic mass is 10.1. The van der Waals surface area contributed by atoms with E-state index in [0.717, 1.165) is 36.2 Å². The van der Waals surface area contributed by atoms with Gasteiger partial charge in [0.1, 0.15) is 0 Å². The highest BCUT2D eigenvalue weighted by atomic mass is 35.5. The number of fused-ring (bicyclic) bond motifs is 1. The van der Waals surface area contributed by atoms with E-state index in [0.29, 0.717) is 11.2 Å². The summed E-state index contributed by atoms with van der Waals surface area (Å²) < 4.78 is 0. The Bertz CT molecular complexity index is 603. The van der Waals surface area contributed by atoms with Crippen molar-refractivity contribution in [3.8, 4) is 0 Å². The molecule has 1 aliphatic rings. The summed E-state index contributed by atoms with van der Waals surface area (Å²) in [6, 6.07) is 2.29. The summed E-state index contributed by atoms with van der Waals surface area (Å²) >= 11 is 6.10. The number of rotatable bonds is 1. The summed E-state index contributed by atoms with van der Waals surface area (Å²) in [5, 5.41) is 10.7. The lowest BCUT2D eigenvalue weighted by Crippen LogP contribution is -2.51. The summed E-state index contributed by atoms with van der Waals surface area (Å²) in [6.45, 7) is 5.19. The number of nitrogens with zero attached hydrogens (tertiary/aromatic N) is 5. The molecule has 2 aromatic rings. The maximum absolute atomic E-state index is 6.10. The molecule has 0 N–H and O–H groups in total. The van der Waals surface area contributed by atoms with Gasteiger partial charge < -0.3 is 9.80 Å². The number of hydrogen-bond acceptors (Lipinski definition) is 5. The Morgan fingerprint density at radius 2 is 2.11 bits per heavy atom. The summed E-state index contributed by atoms with van der Waals surface area (Å²) in [5.74, 6) is 0.883. The van der Waals surface area contributed by atoms with Crippen LogP contribution in [0.1, 0.15) is 6.92 Å². The first-order valence-electron chi connectivity index (χ1n) is 6.38. The van der Waals surface area contributed by atoms with Crippen molar-refractivity contribution in [1.82, 2.24) is 20.1 Å². The fourth-order valence-electron chi connectivity index (χ4n) is 2.62. The van der Waals surface area contributed by atoms with Crippen molar-refractivity contribution in [2.45, 2.75) is 13.0 Å². The van der Waals surface area contributed by atoms with Gasteiger partial charge in [-0.2, -0.15) is 0 Å². The minimum atomic E-state index is 0.401. The Kier molecular flexibility index (Phi) is 3.24. The van der Waals surface area contributed by atoms with Crippen LogP contribution in [0.2, 0.25) is 5.15 Å². The molecule has 0 aliphatic carbocycles. The van der Waals surface area contributed by atoms with Crippen LogP contribution in [0.5, 0.6) is 0 Å². The van der Waals surface area contributed by atoms with Crippen LogP contribution in [0, 0.1) is 0 Å². The zero-order chi connectivity index (χ0) is 13.4. The Hall–Kier alpha value is -1.46. The fourth-order valence-corrected chi connectivity index (χ4v) is 2.82. The molecule has 100 valence electrons. The third-order valence-electron chi connectivity index (χ3n) is 3.62. The summed E-state index contributed by atoms with van der Waals surface area (Å²) in [5.41, 5.74) is 0. The zero-order valence-electron chi connectivity index (χ0n) is 11.0. The predicted octanol–water partition coefficient (Wildman–Crippen LogP) is 1.82. The second-order valence-corrected chi connectivity index (χ2v) is 5.40. The predicted molar refractivity (Wildman–Crippen MR) is 76.6 cm³/mol. The molecule has 5 nitrogen and oxygen atoms in total. The first-order chi connectivity index (χ1) is 9.16. The standard InChI is InChI=1S/C13H16ClN5/c1-9-8-18(2)5-6-19(9)13-11-7-15-4-3-10(11)12(14)16-17-13/h3-4,7,9H,5-6,8H2,1-2H3. The third kappa shape index (κ3) is 2.24. The molecule has 0 amide bonds. The van der Waals surface area contributed by atoms with Gasteiger partial charge in [0.2, 0.25) is 0 Å². The van der Waals surface area contributed by atoms with Crippen molar-refractivity contribution in [2.75, 3.05) is 31.6 Å². The van der Waals surface area contributed by atoms with E-state index < -0.39 is 0 Å². The smallest absolute Gasteiger partial charge is 0.161 e. The van der Waals surface area contributed by atoms with Crippen molar-refractivity contribution in [3.63, 3.8) is 0 Å². The van der Waals surface area contributed by atoms with Gasteiger partial charge in [-0.1, -0.05) is 11.6 Å². The molecule has 0 saturated carbocycles. The highest BCUT2D eigenvalue weighted by Crippen LogP contribution is 2.29. The van der Waals surface area contributed by atoms with E-state index in [4.69, 9.17) is 11.6 Å². The van der Waals surface area contributed by atoms with Crippen molar-refractivity contribution in [2.24, 2.45) is 0 Å². The first-order valence-corrected chi connectivity index (χ1v) is 6.75. The topological polar surface area (TPSA) is 45.2 Å². The van der Waals surface area contributed by atoms with Crippen LogP contribution in [-0.4, -0.2) is 52.8 Å². The Morgan fingerprint density at radius 1 is 1.26 bits per heavy atom. The molecule has 2 aromatic heterocycles. The van der Waals surface area contributed by atoms with Crippen LogP contribution in [0.15, 0.2) is 18.5 Å². The highest BCUT2D eigenvalue weighted by Gasteiger charge is 2.24. The van der Waals surface area contributed by atoms with Crippen molar-refractivity contribution < 1.29 is 0 Å². The van der Waals surface area contributed by atoms with Gasteiger partial charge in [-0.25, -0.2) is 0 Å². The minimum Gasteiger partial charge on any atom is -0.349 e. The molecular weight excluding hydrogens is 262 g/mol. The van der Waals surface area contributed by atoms with Gasteiger partial charge in [0.05, 0.1) is 0 Å². The molecule has 3 heterocycles. The summed E-state index contributed by atoms with van der Waals surface area (Å²) in [6.07, 6.45) is 3.54. The number of halogens is 1. The van der Waals surface area contributed by atoms with Crippen LogP contribution in [0.4, 0.5) is 5.82 Å². The molecule has 0 radical (unpaired) electrons. The number of likely N-dealkylation sites (N-methyl/N-ethyl adjacent to an activating group) is 1. The normalized spacial score (nSPS) is 21.0. The molecule has 1 saturated heterocycles. The zero-order valence-corrected chi connectivity index (χ0v) is 11.8. The average Bonchev–Trinajstić information content (AvgIpc) is 2.41. The molecular formula is C13H16ClN5. The molecule has 19 heavy (non-hydrogen) atoms. The largest absolute Gasteiger partial charge is 0.349 e. The van der Waals surface area contributed by atoms with Crippen LogP contribution in [0.25, 0.3) is 10.8 Å². The third-order valence-corrected chi connectivity index (χ3v) is 3.90. The number of aromatic nitrogens is 3. The molecule has 0 spiro atoms. The van der Waals surface area contributed by atoms with Crippen LogP contribution < -0.4 is 4.90 Å². The van der Waals surface area contributed by atoms with Crippen molar-refractivity contribution in [3.05, 3.63) is 23.6 Å². The fraction of sp³-hybridized carbons (Fsp3) is 0.462. The van der Waals surface area contributed by atoms with Gasteiger partial charge in [0.15, 0.2) is 11.0 Å². The van der Waals surface area contributed by atoms with Gasteiger partial charge in [0, 0.05) is 48.8 Å². The lowest BCUT2D eigenvalue weighted by Gasteiger charge is -2.39. The van der Waals surface area contributed by atoms with Gasteiger partial charge in [-0.05, 0) is 20.0 Å². The van der Waals surface area contributed by atoms with E-state index in [2.05, 4.69) is 39.0 Å². The van der Waals surface area contributed by atoms with Crippen LogP contribution in [0.3, 0.4) is 0 Å². The average molecular weight is 278 g/mol. The molecule has 1 aliphatic heterocycles. The Morgan fingerprint density at radius 3 is 2.89 bits per heavy atom. The quantitative estimate of drug-likeness (QED) is 0.796. The maximum Gasteiger partial charge on any atom is 0.161 e. The van der Waals surface area contributed by atoms with Gasteiger partial charge in [0.25, 0.3) is 0 Å². The van der Waals surface area contributed by atoms with Gasteiger partial charge in [-0.3, -0.25) is 4.98 Å². The number of piperazine rings is 1. The number of anilines is 1. The van der Waals surface area contributed by atoms with E-state index in [1.807, 2.05) is 12.3 Å². The van der Waals surface area contributed by atoms with E-state index >= 15 is 0 Å². The van der Waals surface area contributed by atoms with E-state index in [1.165, 1.54) is 0 Å². The van der Waals surface area contributed by atoms with Gasteiger partial charge in [-0.15, -0.1) is 10.2 Å². The summed E-state index contributed by atoms with van der Waals surface area (Å²) in [4.78, 5) is 8.80. The lowest BCUT2D eigenvalue weighted by molar-refractivity contribution is 0.275. The monoisotopic (exact) mass is 277 g/mol. The molecule has 1 unspecified atom stereocenters. The van der Waals surface area contributed by atoms with E-state index in [-0.39, 0.29) is 0 Å². The second kappa shape index (κ2) is 4.90. The molecule has 6 heteroatoms. The van der Waals surface area contributed by atoms with E-state index in [1.54, 1.807) is 6.20 Å². The SMILES string of the molecule is CC1CN(C)CCN1c1nnc(Cl)c2ccncc12. The molecule has 3 rings (SSSR count). The molecule has 1 atom stereocenters. The van der Waals surface area contributed by atoms with Crippen LogP contribution in [-0.2, 0) is 0 Å². The second-order valence-electron chi connectivity index (χ2n) is 5.04. The highest BCUT2D eigenvalue weighted by molar-refractivity contribution is 6.34. The Labute approximate surface area is 117 Å². The Balaban J connectivity index is 2.08. The molecule has 0 aromatic carbocycles. The van der Waals surface area contributed by atoms with Crippen LogP contribution >= 0.6 is 11.6 Å².